The fraction of sp³-hybridized carbons (Fsp3) is 0.500. The highest BCUT2D eigenvalue weighted by Crippen LogP contribution is 2.26. The van der Waals surface area contributed by atoms with Crippen molar-refractivity contribution in [2.75, 3.05) is 13.2 Å². The van der Waals surface area contributed by atoms with Crippen molar-refractivity contribution >= 4 is 5.91 Å². The molecule has 1 aliphatic heterocycles. The maximum absolute atomic E-state index is 12.4. The van der Waals surface area contributed by atoms with Gasteiger partial charge in [-0.05, 0) is 19.4 Å². The van der Waals surface area contributed by atoms with E-state index < -0.39 is 0 Å². The number of hydrogen-bond acceptors (Lipinski definition) is 4. The number of aromatic amines is 1. The Labute approximate surface area is 122 Å². The van der Waals surface area contributed by atoms with E-state index in [9.17, 15) is 4.79 Å². The molecule has 0 bridgehead atoms. The summed E-state index contributed by atoms with van der Waals surface area (Å²) in [6.45, 7) is 3.97. The van der Waals surface area contributed by atoms with Crippen molar-refractivity contribution in [2.24, 2.45) is 0 Å². The second-order valence-corrected chi connectivity index (χ2v) is 5.36. The van der Waals surface area contributed by atoms with Crippen LogP contribution in [-0.2, 0) is 11.3 Å². The molecule has 2 aromatic heterocycles. The summed E-state index contributed by atoms with van der Waals surface area (Å²) in [7, 11) is 0. The molecular formula is C14H19N5O2. The predicted molar refractivity (Wildman–Crippen MR) is 75.9 cm³/mol. The number of carbonyl (C=O) groups is 1. The van der Waals surface area contributed by atoms with Crippen molar-refractivity contribution in [3.8, 4) is 0 Å². The van der Waals surface area contributed by atoms with Gasteiger partial charge in [0.1, 0.15) is 0 Å². The Bertz CT molecular complexity index is 586. The van der Waals surface area contributed by atoms with Crippen LogP contribution in [0.1, 0.15) is 35.3 Å². The molecule has 2 unspecified atom stereocenters. The molecule has 7 nitrogen and oxygen atoms in total. The Morgan fingerprint density at radius 3 is 3.29 bits per heavy atom. The third-order valence-electron chi connectivity index (χ3n) is 3.65. The first-order chi connectivity index (χ1) is 10.2. The molecule has 0 spiro atoms. The Morgan fingerprint density at radius 1 is 1.67 bits per heavy atom. The molecule has 3 rings (SSSR count). The van der Waals surface area contributed by atoms with Crippen LogP contribution in [0, 0.1) is 0 Å². The molecule has 1 aliphatic rings. The van der Waals surface area contributed by atoms with Crippen LogP contribution in [0.15, 0.2) is 24.7 Å². The van der Waals surface area contributed by atoms with Gasteiger partial charge in [0.15, 0.2) is 0 Å². The van der Waals surface area contributed by atoms with Gasteiger partial charge in [0, 0.05) is 31.0 Å². The fourth-order valence-electron chi connectivity index (χ4n) is 2.59. The summed E-state index contributed by atoms with van der Waals surface area (Å²) in [6, 6.07) is 1.85. The average molecular weight is 289 g/mol. The van der Waals surface area contributed by atoms with E-state index in [4.69, 9.17) is 4.74 Å². The Hall–Kier alpha value is -2.15. The summed E-state index contributed by atoms with van der Waals surface area (Å²) in [4.78, 5) is 12.4. The molecule has 112 valence electrons. The number of ether oxygens (including phenoxy) is 1. The summed E-state index contributed by atoms with van der Waals surface area (Å²) >= 11 is 0. The molecule has 3 heterocycles. The summed E-state index contributed by atoms with van der Waals surface area (Å²) in [5, 5.41) is 14.1. The van der Waals surface area contributed by atoms with E-state index in [-0.39, 0.29) is 17.9 Å². The third-order valence-corrected chi connectivity index (χ3v) is 3.65. The quantitative estimate of drug-likeness (QED) is 0.857. The van der Waals surface area contributed by atoms with Crippen molar-refractivity contribution in [1.29, 1.82) is 0 Å². The Morgan fingerprint density at radius 2 is 2.57 bits per heavy atom. The van der Waals surface area contributed by atoms with Crippen LogP contribution in [0.3, 0.4) is 0 Å². The van der Waals surface area contributed by atoms with Crippen LogP contribution in [-0.4, -0.2) is 45.1 Å². The second kappa shape index (κ2) is 6.09. The van der Waals surface area contributed by atoms with Crippen molar-refractivity contribution in [3.63, 3.8) is 0 Å². The number of hydrogen-bond donors (Lipinski definition) is 2. The molecule has 0 radical (unpaired) electrons. The van der Waals surface area contributed by atoms with Crippen LogP contribution in [0.2, 0.25) is 0 Å². The zero-order valence-electron chi connectivity index (χ0n) is 12.0. The van der Waals surface area contributed by atoms with E-state index >= 15 is 0 Å². The van der Waals surface area contributed by atoms with Gasteiger partial charge in [-0.3, -0.25) is 14.6 Å². The van der Waals surface area contributed by atoms with Gasteiger partial charge >= 0.3 is 0 Å². The smallest absolute Gasteiger partial charge is 0.255 e. The first-order valence-corrected chi connectivity index (χ1v) is 7.13. The summed E-state index contributed by atoms with van der Waals surface area (Å²) in [6.07, 6.45) is 6.11. The van der Waals surface area contributed by atoms with E-state index in [1.165, 1.54) is 0 Å². The first-order valence-electron chi connectivity index (χ1n) is 7.13. The molecule has 2 aromatic rings. The fourth-order valence-corrected chi connectivity index (χ4v) is 2.59. The van der Waals surface area contributed by atoms with Gasteiger partial charge < -0.3 is 10.1 Å². The summed E-state index contributed by atoms with van der Waals surface area (Å²) in [5.41, 5.74) is 1.48. The average Bonchev–Trinajstić information content (AvgIpc) is 3.20. The highest BCUT2D eigenvalue weighted by atomic mass is 16.5. The Balaban J connectivity index is 1.64. The number of nitrogens with one attached hydrogen (secondary N) is 2. The molecule has 2 atom stereocenters. The number of rotatable bonds is 5. The van der Waals surface area contributed by atoms with Crippen molar-refractivity contribution in [1.82, 2.24) is 25.3 Å². The lowest BCUT2D eigenvalue weighted by Crippen LogP contribution is -2.36. The molecule has 21 heavy (non-hydrogen) atoms. The highest BCUT2D eigenvalue weighted by Gasteiger charge is 2.25. The van der Waals surface area contributed by atoms with Crippen molar-refractivity contribution in [3.05, 3.63) is 35.9 Å². The molecule has 0 saturated carbocycles. The monoisotopic (exact) mass is 289 g/mol. The van der Waals surface area contributed by atoms with E-state index in [1.807, 2.05) is 19.2 Å². The molecule has 2 N–H and O–H groups in total. The SMILES string of the molecule is CC(Cn1cccn1)NC(=O)c1cn[nH]c1C1CCOC1. The maximum atomic E-state index is 12.4. The minimum absolute atomic E-state index is 0.0139. The van der Waals surface area contributed by atoms with Gasteiger partial charge in [-0.1, -0.05) is 0 Å². The zero-order chi connectivity index (χ0) is 14.7. The number of nitrogens with zero attached hydrogens (tertiary/aromatic N) is 3. The van der Waals surface area contributed by atoms with E-state index in [2.05, 4.69) is 20.6 Å². The minimum atomic E-state index is -0.106. The summed E-state index contributed by atoms with van der Waals surface area (Å²) < 4.78 is 7.17. The topological polar surface area (TPSA) is 84.8 Å². The van der Waals surface area contributed by atoms with Gasteiger partial charge in [-0.2, -0.15) is 10.2 Å². The lowest BCUT2D eigenvalue weighted by Gasteiger charge is -2.15. The lowest BCUT2D eigenvalue weighted by molar-refractivity contribution is 0.0934. The molecular weight excluding hydrogens is 270 g/mol. The minimum Gasteiger partial charge on any atom is -0.381 e. The van der Waals surface area contributed by atoms with Crippen LogP contribution < -0.4 is 5.32 Å². The molecule has 1 fully saturated rings. The molecule has 1 amide bonds. The number of amides is 1. The number of aromatic nitrogens is 4. The van der Waals surface area contributed by atoms with E-state index in [1.54, 1.807) is 17.1 Å². The molecule has 0 aliphatic carbocycles. The Kier molecular flexibility index (Phi) is 4.01. The first kappa shape index (κ1) is 13.8. The van der Waals surface area contributed by atoms with Gasteiger partial charge in [0.2, 0.25) is 0 Å². The molecule has 7 heteroatoms. The number of H-pyrrole nitrogens is 1. The van der Waals surface area contributed by atoms with Crippen LogP contribution in [0.25, 0.3) is 0 Å². The summed E-state index contributed by atoms with van der Waals surface area (Å²) in [5.74, 6) is 0.125. The van der Waals surface area contributed by atoms with E-state index in [0.29, 0.717) is 18.7 Å². The normalized spacial score (nSPS) is 19.6. The zero-order valence-corrected chi connectivity index (χ0v) is 12.0. The maximum Gasteiger partial charge on any atom is 0.255 e. The van der Waals surface area contributed by atoms with Crippen LogP contribution in [0.5, 0.6) is 0 Å². The highest BCUT2D eigenvalue weighted by molar-refractivity contribution is 5.95. The van der Waals surface area contributed by atoms with Gasteiger partial charge in [-0.15, -0.1) is 0 Å². The van der Waals surface area contributed by atoms with Gasteiger partial charge in [0.25, 0.3) is 5.91 Å². The van der Waals surface area contributed by atoms with Crippen molar-refractivity contribution in [2.45, 2.75) is 31.8 Å². The van der Waals surface area contributed by atoms with Crippen LogP contribution >= 0.6 is 0 Å². The lowest BCUT2D eigenvalue weighted by atomic mass is 10.0. The second-order valence-electron chi connectivity index (χ2n) is 5.36. The van der Waals surface area contributed by atoms with Gasteiger partial charge in [-0.25, -0.2) is 0 Å². The standard InChI is InChI=1S/C14H19N5O2/c1-10(8-19-5-2-4-16-19)17-14(20)12-7-15-18-13(12)11-3-6-21-9-11/h2,4-5,7,10-11H,3,6,8-9H2,1H3,(H,15,18)(H,17,20). The van der Waals surface area contributed by atoms with Crippen molar-refractivity contribution < 1.29 is 9.53 Å². The predicted octanol–water partition coefficient (Wildman–Crippen LogP) is 0.929. The molecule has 0 aromatic carbocycles. The largest absolute Gasteiger partial charge is 0.381 e. The molecule has 1 saturated heterocycles. The van der Waals surface area contributed by atoms with Gasteiger partial charge in [0.05, 0.1) is 30.6 Å². The third kappa shape index (κ3) is 3.13. The van der Waals surface area contributed by atoms with Crippen LogP contribution in [0.4, 0.5) is 0 Å². The number of carbonyl (C=O) groups excluding carboxylic acids is 1. The van der Waals surface area contributed by atoms with E-state index in [0.717, 1.165) is 18.7 Å².